The molecule has 1 nitrogen and oxygen atoms in total. The Labute approximate surface area is 92.5 Å². The van der Waals surface area contributed by atoms with Gasteiger partial charge < -0.3 is 4.74 Å². The second kappa shape index (κ2) is 3.55. The van der Waals surface area contributed by atoms with E-state index in [1.807, 2.05) is 0 Å². The average Bonchev–Trinajstić information content (AvgIpc) is 2.41. The SMILES string of the molecule is CC(C)Cc1ccc2c(c1)OCC2(C)C. The van der Waals surface area contributed by atoms with Crippen molar-refractivity contribution in [3.05, 3.63) is 29.3 Å². The molecule has 0 saturated carbocycles. The van der Waals surface area contributed by atoms with Gasteiger partial charge in [-0.05, 0) is 24.0 Å². The van der Waals surface area contributed by atoms with Gasteiger partial charge in [0, 0.05) is 11.0 Å². The van der Waals surface area contributed by atoms with E-state index in [0.717, 1.165) is 18.8 Å². The predicted octanol–water partition coefficient (Wildman–Crippen LogP) is 3.56. The molecule has 2 rings (SSSR count). The van der Waals surface area contributed by atoms with Gasteiger partial charge in [-0.1, -0.05) is 39.8 Å². The second-order valence-electron chi connectivity index (χ2n) is 5.60. The molecule has 0 spiro atoms. The molecule has 0 atom stereocenters. The molecular weight excluding hydrogens is 184 g/mol. The Hall–Kier alpha value is -0.980. The minimum atomic E-state index is 0.186. The summed E-state index contributed by atoms with van der Waals surface area (Å²) in [5, 5.41) is 0. The molecule has 0 unspecified atom stereocenters. The maximum atomic E-state index is 5.74. The van der Waals surface area contributed by atoms with Crippen molar-refractivity contribution >= 4 is 0 Å². The second-order valence-corrected chi connectivity index (χ2v) is 5.60. The Bertz CT molecular complexity index is 364. The van der Waals surface area contributed by atoms with Crippen LogP contribution in [0.4, 0.5) is 0 Å². The molecule has 0 aromatic heterocycles. The van der Waals surface area contributed by atoms with Crippen LogP contribution in [-0.2, 0) is 11.8 Å². The molecule has 0 radical (unpaired) electrons. The molecule has 0 N–H and O–H groups in total. The molecule has 15 heavy (non-hydrogen) atoms. The molecule has 0 bridgehead atoms. The van der Waals surface area contributed by atoms with Gasteiger partial charge >= 0.3 is 0 Å². The zero-order valence-corrected chi connectivity index (χ0v) is 10.1. The molecule has 0 amide bonds. The number of rotatable bonds is 2. The van der Waals surface area contributed by atoms with E-state index < -0.39 is 0 Å². The maximum Gasteiger partial charge on any atom is 0.123 e. The Morgan fingerprint density at radius 1 is 1.33 bits per heavy atom. The fourth-order valence-electron chi connectivity index (χ4n) is 2.18. The number of hydrogen-bond acceptors (Lipinski definition) is 1. The molecule has 1 heteroatoms. The van der Waals surface area contributed by atoms with E-state index >= 15 is 0 Å². The summed E-state index contributed by atoms with van der Waals surface area (Å²) in [5.41, 5.74) is 2.93. The van der Waals surface area contributed by atoms with E-state index in [1.165, 1.54) is 11.1 Å². The molecule has 1 aliphatic heterocycles. The number of benzene rings is 1. The molecule has 82 valence electrons. The number of fused-ring (bicyclic) bond motifs is 1. The first-order chi connectivity index (χ1) is 6.99. The number of hydrogen-bond donors (Lipinski definition) is 0. The Morgan fingerprint density at radius 2 is 2.07 bits per heavy atom. The van der Waals surface area contributed by atoms with Gasteiger partial charge in [-0.15, -0.1) is 0 Å². The van der Waals surface area contributed by atoms with Crippen LogP contribution in [0.5, 0.6) is 5.75 Å². The van der Waals surface area contributed by atoms with Crippen LogP contribution < -0.4 is 4.74 Å². The van der Waals surface area contributed by atoms with Crippen LogP contribution in [0.3, 0.4) is 0 Å². The highest BCUT2D eigenvalue weighted by molar-refractivity contribution is 5.45. The van der Waals surface area contributed by atoms with Crippen molar-refractivity contribution in [3.63, 3.8) is 0 Å². The lowest BCUT2D eigenvalue weighted by atomic mass is 9.86. The van der Waals surface area contributed by atoms with E-state index in [2.05, 4.69) is 45.9 Å². The van der Waals surface area contributed by atoms with Gasteiger partial charge in [-0.25, -0.2) is 0 Å². The third-order valence-corrected chi connectivity index (χ3v) is 3.01. The first-order valence-electron chi connectivity index (χ1n) is 5.75. The third-order valence-electron chi connectivity index (χ3n) is 3.01. The third kappa shape index (κ3) is 2.01. The highest BCUT2D eigenvalue weighted by Crippen LogP contribution is 2.38. The summed E-state index contributed by atoms with van der Waals surface area (Å²) in [7, 11) is 0. The standard InChI is InChI=1S/C14H20O/c1-10(2)7-11-5-6-12-13(8-11)15-9-14(12,3)4/h5-6,8,10H,7,9H2,1-4H3. The minimum absolute atomic E-state index is 0.186. The number of ether oxygens (including phenoxy) is 1. The summed E-state index contributed by atoms with van der Waals surface area (Å²) in [6.07, 6.45) is 1.14. The van der Waals surface area contributed by atoms with Crippen molar-refractivity contribution in [1.29, 1.82) is 0 Å². The van der Waals surface area contributed by atoms with Gasteiger partial charge in [0.15, 0.2) is 0 Å². The normalized spacial score (nSPS) is 17.7. The topological polar surface area (TPSA) is 9.23 Å². The van der Waals surface area contributed by atoms with Crippen LogP contribution in [0.1, 0.15) is 38.8 Å². The van der Waals surface area contributed by atoms with Crippen molar-refractivity contribution in [3.8, 4) is 5.75 Å². The zero-order chi connectivity index (χ0) is 11.1. The molecule has 0 saturated heterocycles. The van der Waals surface area contributed by atoms with Gasteiger partial charge in [0.25, 0.3) is 0 Å². The molecule has 0 fully saturated rings. The molecule has 1 aliphatic rings. The van der Waals surface area contributed by atoms with E-state index in [4.69, 9.17) is 4.74 Å². The van der Waals surface area contributed by atoms with Gasteiger partial charge in [0.05, 0.1) is 6.61 Å². The summed E-state index contributed by atoms with van der Waals surface area (Å²) in [4.78, 5) is 0. The summed E-state index contributed by atoms with van der Waals surface area (Å²) < 4.78 is 5.74. The summed E-state index contributed by atoms with van der Waals surface area (Å²) in [5.74, 6) is 1.80. The van der Waals surface area contributed by atoms with Crippen molar-refractivity contribution in [2.45, 2.75) is 39.5 Å². The largest absolute Gasteiger partial charge is 0.492 e. The van der Waals surface area contributed by atoms with Crippen LogP contribution in [0.25, 0.3) is 0 Å². The van der Waals surface area contributed by atoms with E-state index in [0.29, 0.717) is 5.92 Å². The summed E-state index contributed by atoms with van der Waals surface area (Å²) >= 11 is 0. The lowest BCUT2D eigenvalue weighted by molar-refractivity contribution is 0.291. The minimum Gasteiger partial charge on any atom is -0.492 e. The average molecular weight is 204 g/mol. The van der Waals surface area contributed by atoms with Crippen molar-refractivity contribution in [2.75, 3.05) is 6.61 Å². The maximum absolute atomic E-state index is 5.74. The summed E-state index contributed by atoms with van der Waals surface area (Å²) in [6.45, 7) is 9.78. The fourth-order valence-corrected chi connectivity index (χ4v) is 2.18. The fraction of sp³-hybridized carbons (Fsp3) is 0.571. The van der Waals surface area contributed by atoms with Crippen LogP contribution in [0.15, 0.2) is 18.2 Å². The van der Waals surface area contributed by atoms with Crippen molar-refractivity contribution in [1.82, 2.24) is 0 Å². The Balaban J connectivity index is 2.29. The lowest BCUT2D eigenvalue weighted by Gasteiger charge is -2.15. The molecule has 1 aromatic rings. The quantitative estimate of drug-likeness (QED) is 0.715. The smallest absolute Gasteiger partial charge is 0.123 e. The summed E-state index contributed by atoms with van der Waals surface area (Å²) in [6, 6.07) is 6.69. The van der Waals surface area contributed by atoms with E-state index in [-0.39, 0.29) is 5.41 Å². The van der Waals surface area contributed by atoms with Crippen LogP contribution in [0.2, 0.25) is 0 Å². The Morgan fingerprint density at radius 3 is 2.73 bits per heavy atom. The Kier molecular flexibility index (Phi) is 2.49. The van der Waals surface area contributed by atoms with Crippen molar-refractivity contribution < 1.29 is 4.74 Å². The highest BCUT2D eigenvalue weighted by atomic mass is 16.5. The van der Waals surface area contributed by atoms with Gasteiger partial charge in [0.1, 0.15) is 5.75 Å². The van der Waals surface area contributed by atoms with Crippen LogP contribution in [0, 0.1) is 5.92 Å². The predicted molar refractivity (Wildman–Crippen MR) is 63.5 cm³/mol. The first kappa shape index (κ1) is 10.5. The molecule has 0 aliphatic carbocycles. The lowest BCUT2D eigenvalue weighted by Crippen LogP contribution is -2.18. The molecule has 1 aromatic carbocycles. The van der Waals surface area contributed by atoms with Crippen LogP contribution >= 0.6 is 0 Å². The first-order valence-corrected chi connectivity index (χ1v) is 5.75. The molecule has 1 heterocycles. The van der Waals surface area contributed by atoms with Gasteiger partial charge in [-0.3, -0.25) is 0 Å². The highest BCUT2D eigenvalue weighted by Gasteiger charge is 2.31. The molecular formula is C14H20O. The monoisotopic (exact) mass is 204 g/mol. The van der Waals surface area contributed by atoms with Gasteiger partial charge in [0.2, 0.25) is 0 Å². The van der Waals surface area contributed by atoms with Gasteiger partial charge in [-0.2, -0.15) is 0 Å². The zero-order valence-electron chi connectivity index (χ0n) is 10.1. The van der Waals surface area contributed by atoms with Crippen LogP contribution in [-0.4, -0.2) is 6.61 Å². The van der Waals surface area contributed by atoms with Crippen molar-refractivity contribution in [2.24, 2.45) is 5.92 Å². The van der Waals surface area contributed by atoms with E-state index in [1.54, 1.807) is 0 Å². The van der Waals surface area contributed by atoms with E-state index in [9.17, 15) is 0 Å².